The SMILES string of the molecule is COc1ccc(C(=O)Nc2ccc(F)cc2F)cc1COc1cccc2ccccc12. The zero-order valence-corrected chi connectivity index (χ0v) is 16.7. The van der Waals surface area contributed by atoms with Gasteiger partial charge in [-0.25, -0.2) is 8.78 Å². The highest BCUT2D eigenvalue weighted by Gasteiger charge is 2.14. The van der Waals surface area contributed by atoms with E-state index in [1.54, 1.807) is 18.2 Å². The summed E-state index contributed by atoms with van der Waals surface area (Å²) in [5, 5.41) is 4.49. The highest BCUT2D eigenvalue weighted by atomic mass is 19.1. The third-order valence-corrected chi connectivity index (χ3v) is 4.85. The van der Waals surface area contributed by atoms with Crippen LogP contribution in [-0.4, -0.2) is 13.0 Å². The molecule has 0 aliphatic rings. The molecule has 0 atom stereocenters. The molecule has 1 amide bonds. The molecule has 0 unspecified atom stereocenters. The van der Waals surface area contributed by atoms with Gasteiger partial charge in [0, 0.05) is 22.6 Å². The normalized spacial score (nSPS) is 10.7. The number of rotatable bonds is 6. The Morgan fingerprint density at radius 3 is 2.52 bits per heavy atom. The maximum absolute atomic E-state index is 13.9. The van der Waals surface area contributed by atoms with E-state index in [2.05, 4.69) is 5.32 Å². The molecule has 4 aromatic carbocycles. The van der Waals surface area contributed by atoms with Gasteiger partial charge in [-0.2, -0.15) is 0 Å². The number of fused-ring (bicyclic) bond motifs is 1. The Morgan fingerprint density at radius 2 is 1.71 bits per heavy atom. The van der Waals surface area contributed by atoms with Crippen LogP contribution in [0.25, 0.3) is 10.8 Å². The lowest BCUT2D eigenvalue weighted by Crippen LogP contribution is -2.14. The standard InChI is InChI=1S/C25H19F2NO3/c1-30-23-12-9-17(25(29)28-22-11-10-19(26)14-21(22)27)13-18(23)15-31-24-8-4-6-16-5-2-3-7-20(16)24/h2-14H,15H2,1H3,(H,28,29). The fourth-order valence-electron chi connectivity index (χ4n) is 3.30. The molecule has 4 nitrogen and oxygen atoms in total. The molecule has 0 radical (unpaired) electrons. The predicted octanol–water partition coefficient (Wildman–Crippen LogP) is 5.96. The molecule has 0 heterocycles. The summed E-state index contributed by atoms with van der Waals surface area (Å²) >= 11 is 0. The summed E-state index contributed by atoms with van der Waals surface area (Å²) < 4.78 is 38.4. The fraction of sp³-hybridized carbons (Fsp3) is 0.0800. The lowest BCUT2D eigenvalue weighted by atomic mass is 10.1. The van der Waals surface area contributed by atoms with Crippen molar-refractivity contribution in [1.82, 2.24) is 0 Å². The van der Waals surface area contributed by atoms with E-state index in [1.165, 1.54) is 13.2 Å². The van der Waals surface area contributed by atoms with E-state index in [4.69, 9.17) is 9.47 Å². The van der Waals surface area contributed by atoms with Crippen LogP contribution in [0.1, 0.15) is 15.9 Å². The van der Waals surface area contributed by atoms with E-state index in [0.29, 0.717) is 28.7 Å². The van der Waals surface area contributed by atoms with Crippen molar-refractivity contribution in [3.63, 3.8) is 0 Å². The number of methoxy groups -OCH3 is 1. The van der Waals surface area contributed by atoms with Gasteiger partial charge >= 0.3 is 0 Å². The minimum atomic E-state index is -0.846. The first kappa shape index (κ1) is 20.3. The van der Waals surface area contributed by atoms with E-state index < -0.39 is 17.5 Å². The number of carbonyl (C=O) groups is 1. The Labute approximate surface area is 178 Å². The molecule has 0 saturated heterocycles. The number of carbonyl (C=O) groups excluding carboxylic acids is 1. The van der Waals surface area contributed by atoms with E-state index in [0.717, 1.165) is 16.8 Å². The van der Waals surface area contributed by atoms with Gasteiger partial charge in [-0.15, -0.1) is 0 Å². The maximum Gasteiger partial charge on any atom is 0.255 e. The number of halogens is 2. The van der Waals surface area contributed by atoms with E-state index in [9.17, 15) is 13.6 Å². The van der Waals surface area contributed by atoms with Gasteiger partial charge in [0.25, 0.3) is 5.91 Å². The summed E-state index contributed by atoms with van der Waals surface area (Å²) in [6, 6.07) is 21.5. The molecule has 0 fully saturated rings. The van der Waals surface area contributed by atoms with Crippen LogP contribution in [0.2, 0.25) is 0 Å². The molecule has 6 heteroatoms. The molecule has 0 bridgehead atoms. The van der Waals surface area contributed by atoms with Crippen LogP contribution in [0.4, 0.5) is 14.5 Å². The summed E-state index contributed by atoms with van der Waals surface area (Å²) in [5.41, 5.74) is 0.847. The molecular formula is C25H19F2NO3. The second-order valence-electron chi connectivity index (χ2n) is 6.87. The topological polar surface area (TPSA) is 47.6 Å². The highest BCUT2D eigenvalue weighted by molar-refractivity contribution is 6.04. The fourth-order valence-corrected chi connectivity index (χ4v) is 3.30. The molecule has 0 aromatic heterocycles. The van der Waals surface area contributed by atoms with Crippen LogP contribution in [-0.2, 0) is 6.61 Å². The third-order valence-electron chi connectivity index (χ3n) is 4.85. The Balaban J connectivity index is 1.56. The van der Waals surface area contributed by atoms with Gasteiger partial charge in [0.05, 0.1) is 12.8 Å². The zero-order valence-electron chi connectivity index (χ0n) is 16.7. The Kier molecular flexibility index (Phi) is 5.80. The predicted molar refractivity (Wildman–Crippen MR) is 116 cm³/mol. The number of anilines is 1. The van der Waals surface area contributed by atoms with Gasteiger partial charge in [-0.05, 0) is 41.8 Å². The van der Waals surface area contributed by atoms with Crippen molar-refractivity contribution < 1.29 is 23.0 Å². The lowest BCUT2D eigenvalue weighted by molar-refractivity contribution is 0.102. The van der Waals surface area contributed by atoms with Gasteiger partial charge in [0.1, 0.15) is 29.7 Å². The van der Waals surface area contributed by atoms with Crippen LogP contribution in [0, 0.1) is 11.6 Å². The van der Waals surface area contributed by atoms with Gasteiger partial charge in [-0.3, -0.25) is 4.79 Å². The summed E-state index contributed by atoms with van der Waals surface area (Å²) in [6.07, 6.45) is 0. The average Bonchev–Trinajstić information content (AvgIpc) is 2.79. The molecule has 0 spiro atoms. The van der Waals surface area contributed by atoms with Crippen LogP contribution in [0.5, 0.6) is 11.5 Å². The molecule has 0 saturated carbocycles. The zero-order chi connectivity index (χ0) is 21.8. The largest absolute Gasteiger partial charge is 0.496 e. The number of hydrogen-bond acceptors (Lipinski definition) is 3. The second kappa shape index (κ2) is 8.83. The highest BCUT2D eigenvalue weighted by Crippen LogP contribution is 2.28. The summed E-state index contributed by atoms with van der Waals surface area (Å²) in [7, 11) is 1.53. The molecule has 4 aromatic rings. The number of nitrogens with one attached hydrogen (secondary N) is 1. The van der Waals surface area contributed by atoms with Gasteiger partial charge in [0.15, 0.2) is 0 Å². The van der Waals surface area contributed by atoms with Gasteiger partial charge in [0.2, 0.25) is 0 Å². The molecule has 31 heavy (non-hydrogen) atoms. The van der Waals surface area contributed by atoms with Crippen molar-refractivity contribution in [2.45, 2.75) is 6.61 Å². The minimum absolute atomic E-state index is 0.101. The molecule has 0 aliphatic heterocycles. The monoisotopic (exact) mass is 419 g/mol. The van der Waals surface area contributed by atoms with Crippen LogP contribution in [0.3, 0.4) is 0 Å². The first-order chi connectivity index (χ1) is 15.0. The minimum Gasteiger partial charge on any atom is -0.496 e. The summed E-state index contributed by atoms with van der Waals surface area (Å²) in [6.45, 7) is 0.170. The number of hydrogen-bond donors (Lipinski definition) is 1. The maximum atomic E-state index is 13.9. The van der Waals surface area contributed by atoms with Crippen molar-refractivity contribution >= 4 is 22.4 Å². The van der Waals surface area contributed by atoms with Crippen molar-refractivity contribution in [2.24, 2.45) is 0 Å². The smallest absolute Gasteiger partial charge is 0.255 e. The van der Waals surface area contributed by atoms with Gasteiger partial charge in [-0.1, -0.05) is 36.4 Å². The van der Waals surface area contributed by atoms with E-state index >= 15 is 0 Å². The van der Waals surface area contributed by atoms with Crippen LogP contribution in [0.15, 0.2) is 78.9 Å². The molecule has 156 valence electrons. The Hall–Kier alpha value is -3.93. The quantitative estimate of drug-likeness (QED) is 0.420. The number of benzene rings is 4. The average molecular weight is 419 g/mol. The lowest BCUT2D eigenvalue weighted by Gasteiger charge is -2.14. The number of amides is 1. The van der Waals surface area contributed by atoms with Crippen LogP contribution < -0.4 is 14.8 Å². The molecule has 1 N–H and O–H groups in total. The summed E-state index contributed by atoms with van der Waals surface area (Å²) in [5.74, 6) is -0.818. The summed E-state index contributed by atoms with van der Waals surface area (Å²) in [4.78, 5) is 12.6. The molecule has 0 aliphatic carbocycles. The molecular weight excluding hydrogens is 400 g/mol. The Bertz CT molecular complexity index is 1250. The van der Waals surface area contributed by atoms with Crippen molar-refractivity contribution in [1.29, 1.82) is 0 Å². The van der Waals surface area contributed by atoms with Crippen molar-refractivity contribution in [3.05, 3.63) is 102 Å². The van der Waals surface area contributed by atoms with Crippen molar-refractivity contribution in [3.8, 4) is 11.5 Å². The van der Waals surface area contributed by atoms with E-state index in [1.807, 2.05) is 42.5 Å². The third kappa shape index (κ3) is 4.48. The van der Waals surface area contributed by atoms with Crippen molar-refractivity contribution in [2.75, 3.05) is 12.4 Å². The van der Waals surface area contributed by atoms with E-state index in [-0.39, 0.29) is 12.3 Å². The van der Waals surface area contributed by atoms with Crippen LogP contribution >= 0.6 is 0 Å². The Morgan fingerprint density at radius 1 is 0.903 bits per heavy atom. The first-order valence-electron chi connectivity index (χ1n) is 9.59. The second-order valence-corrected chi connectivity index (χ2v) is 6.87. The number of ether oxygens (including phenoxy) is 2. The first-order valence-corrected chi connectivity index (χ1v) is 9.59. The molecule has 4 rings (SSSR count). The van der Waals surface area contributed by atoms with Gasteiger partial charge < -0.3 is 14.8 Å².